The van der Waals surface area contributed by atoms with E-state index in [2.05, 4.69) is 0 Å². The van der Waals surface area contributed by atoms with Crippen LogP contribution < -0.4 is 4.74 Å². The van der Waals surface area contributed by atoms with Crippen LogP contribution in [0.5, 0.6) is 5.75 Å². The molecule has 0 amide bonds. The highest BCUT2D eigenvalue weighted by Gasteiger charge is 2.22. The molecule has 2 aromatic carbocycles. The first-order chi connectivity index (χ1) is 11.9. The Morgan fingerprint density at radius 1 is 1.16 bits per heavy atom. The summed E-state index contributed by atoms with van der Waals surface area (Å²) >= 11 is 0. The monoisotopic (exact) mass is 341 g/mol. The van der Waals surface area contributed by atoms with Crippen LogP contribution in [0, 0.1) is 16.0 Å². The van der Waals surface area contributed by atoms with Gasteiger partial charge in [-0.25, -0.2) is 0 Å². The fourth-order valence-electron chi connectivity index (χ4n) is 2.28. The molecule has 0 spiro atoms. The van der Waals surface area contributed by atoms with Crippen LogP contribution in [0.1, 0.15) is 24.2 Å². The number of nitro benzene ring substituents is 1. The third-order valence-electron chi connectivity index (χ3n) is 3.92. The minimum absolute atomic E-state index is 0.0608. The molecule has 2 rings (SSSR count). The fraction of sp³-hybridized carbons (Fsp3) is 0.211. The first-order valence-electron chi connectivity index (χ1n) is 7.70. The third kappa shape index (κ3) is 4.74. The molecule has 0 unspecified atom stereocenters. The van der Waals surface area contributed by atoms with Gasteiger partial charge in [-0.1, -0.05) is 25.1 Å². The van der Waals surface area contributed by atoms with E-state index >= 15 is 0 Å². The summed E-state index contributed by atoms with van der Waals surface area (Å²) in [6.07, 6.45) is 2.05. The fourth-order valence-corrected chi connectivity index (χ4v) is 2.28. The molecule has 25 heavy (non-hydrogen) atoms. The zero-order valence-corrected chi connectivity index (χ0v) is 14.0. The number of rotatable bonds is 7. The number of ether oxygens (including phenoxy) is 1. The van der Waals surface area contributed by atoms with Gasteiger partial charge in [-0.15, -0.1) is 0 Å². The summed E-state index contributed by atoms with van der Waals surface area (Å²) in [5.74, 6) is -0.178. The molecule has 0 radical (unpaired) electrons. The molecular formula is C19H19NO5. The minimum atomic E-state index is -1.03. The molecule has 0 aromatic heterocycles. The van der Waals surface area contributed by atoms with Crippen LogP contribution in [-0.4, -0.2) is 22.9 Å². The van der Waals surface area contributed by atoms with Crippen molar-refractivity contribution in [2.24, 2.45) is 5.92 Å². The number of carbonyl (C=O) groups excluding carboxylic acids is 1. The molecule has 0 fully saturated rings. The van der Waals surface area contributed by atoms with Crippen molar-refractivity contribution in [2.45, 2.75) is 13.0 Å². The highest BCUT2D eigenvalue weighted by atomic mass is 16.6. The van der Waals surface area contributed by atoms with E-state index in [0.717, 1.165) is 11.3 Å². The summed E-state index contributed by atoms with van der Waals surface area (Å²) in [7, 11) is 1.58. The molecular weight excluding hydrogens is 322 g/mol. The van der Waals surface area contributed by atoms with Crippen LogP contribution in [0.3, 0.4) is 0 Å². The van der Waals surface area contributed by atoms with Gasteiger partial charge in [0.05, 0.1) is 18.1 Å². The molecule has 2 atom stereocenters. The third-order valence-corrected chi connectivity index (χ3v) is 3.92. The molecule has 0 aliphatic carbocycles. The van der Waals surface area contributed by atoms with Crippen molar-refractivity contribution in [1.82, 2.24) is 0 Å². The Labute approximate surface area is 145 Å². The molecule has 0 saturated carbocycles. The number of nitro groups is 1. The van der Waals surface area contributed by atoms with Crippen LogP contribution in [0.25, 0.3) is 6.08 Å². The number of aliphatic hydroxyl groups is 1. The quantitative estimate of drug-likeness (QED) is 0.472. The Hall–Kier alpha value is -2.99. The van der Waals surface area contributed by atoms with Crippen molar-refractivity contribution in [3.05, 3.63) is 75.8 Å². The van der Waals surface area contributed by atoms with E-state index in [4.69, 9.17) is 4.74 Å². The van der Waals surface area contributed by atoms with Crippen LogP contribution >= 0.6 is 0 Å². The van der Waals surface area contributed by atoms with E-state index in [1.54, 1.807) is 32.2 Å². The largest absolute Gasteiger partial charge is 0.497 e. The maximum absolute atomic E-state index is 12.2. The van der Waals surface area contributed by atoms with Crippen LogP contribution in [0.15, 0.2) is 54.6 Å². The summed E-state index contributed by atoms with van der Waals surface area (Å²) < 4.78 is 5.07. The topological polar surface area (TPSA) is 89.7 Å². The predicted octanol–water partition coefficient (Wildman–Crippen LogP) is 3.56. The minimum Gasteiger partial charge on any atom is -0.497 e. The summed E-state index contributed by atoms with van der Waals surface area (Å²) in [6, 6.07) is 12.8. The zero-order valence-electron chi connectivity index (χ0n) is 14.0. The molecule has 2 aromatic rings. The van der Waals surface area contributed by atoms with Gasteiger partial charge in [0.25, 0.3) is 5.69 Å². The van der Waals surface area contributed by atoms with Gasteiger partial charge >= 0.3 is 0 Å². The standard InChI is InChI=1S/C19H19NO5/c1-13(19(22)15-6-8-16(9-7-15)20(23)24)18(21)12-5-14-3-10-17(25-2)11-4-14/h3-13,19,22H,1-2H3/b12-5+/t13-,19+/m0/s1. The van der Waals surface area contributed by atoms with Crippen molar-refractivity contribution < 1.29 is 19.6 Å². The second-order valence-electron chi connectivity index (χ2n) is 5.59. The molecule has 6 heteroatoms. The predicted molar refractivity (Wildman–Crippen MR) is 94.3 cm³/mol. The SMILES string of the molecule is COc1ccc(/C=C/C(=O)[C@H](C)[C@@H](O)c2ccc([N+](=O)[O-])cc2)cc1. The van der Waals surface area contributed by atoms with Crippen LogP contribution in [-0.2, 0) is 4.79 Å². The number of aliphatic hydroxyl groups excluding tert-OH is 1. The summed E-state index contributed by atoms with van der Waals surface area (Å²) in [5, 5.41) is 21.0. The molecule has 130 valence electrons. The first-order valence-corrected chi connectivity index (χ1v) is 7.70. The van der Waals surface area contributed by atoms with Gasteiger partial charge in [0.15, 0.2) is 5.78 Å². The normalized spacial score (nSPS) is 13.4. The molecule has 0 heterocycles. The van der Waals surface area contributed by atoms with E-state index in [1.807, 2.05) is 12.1 Å². The van der Waals surface area contributed by atoms with E-state index in [-0.39, 0.29) is 11.5 Å². The van der Waals surface area contributed by atoms with E-state index in [9.17, 15) is 20.0 Å². The molecule has 0 aliphatic heterocycles. The highest BCUT2D eigenvalue weighted by molar-refractivity contribution is 5.95. The average Bonchev–Trinajstić information content (AvgIpc) is 2.65. The smallest absolute Gasteiger partial charge is 0.269 e. The van der Waals surface area contributed by atoms with E-state index in [1.165, 1.54) is 30.3 Å². The summed E-state index contributed by atoms with van der Waals surface area (Å²) in [6.45, 7) is 1.62. The number of allylic oxidation sites excluding steroid dienone is 1. The number of hydrogen-bond donors (Lipinski definition) is 1. The lowest BCUT2D eigenvalue weighted by atomic mass is 9.93. The second kappa shape index (κ2) is 8.21. The van der Waals surface area contributed by atoms with E-state index in [0.29, 0.717) is 5.56 Å². The van der Waals surface area contributed by atoms with Gasteiger partial charge in [0.2, 0.25) is 0 Å². The van der Waals surface area contributed by atoms with Gasteiger partial charge in [0.1, 0.15) is 5.75 Å². The van der Waals surface area contributed by atoms with Crippen molar-refractivity contribution in [1.29, 1.82) is 0 Å². The number of carbonyl (C=O) groups is 1. The maximum atomic E-state index is 12.2. The number of hydrogen-bond acceptors (Lipinski definition) is 5. The molecule has 0 aliphatic rings. The highest BCUT2D eigenvalue weighted by Crippen LogP contribution is 2.25. The maximum Gasteiger partial charge on any atom is 0.269 e. The number of nitrogens with zero attached hydrogens (tertiary/aromatic N) is 1. The first kappa shape index (κ1) is 18.4. The lowest BCUT2D eigenvalue weighted by Crippen LogP contribution is -2.17. The van der Waals surface area contributed by atoms with E-state index < -0.39 is 16.9 Å². The second-order valence-corrected chi connectivity index (χ2v) is 5.59. The molecule has 6 nitrogen and oxygen atoms in total. The lowest BCUT2D eigenvalue weighted by Gasteiger charge is -2.16. The number of non-ortho nitro benzene ring substituents is 1. The molecule has 0 saturated heterocycles. The van der Waals surface area contributed by atoms with Crippen molar-refractivity contribution in [3.8, 4) is 5.75 Å². The lowest BCUT2D eigenvalue weighted by molar-refractivity contribution is -0.384. The van der Waals surface area contributed by atoms with Crippen LogP contribution in [0.2, 0.25) is 0 Å². The van der Waals surface area contributed by atoms with Gasteiger partial charge in [0, 0.05) is 18.1 Å². The van der Waals surface area contributed by atoms with Gasteiger partial charge in [-0.2, -0.15) is 0 Å². The van der Waals surface area contributed by atoms with Crippen molar-refractivity contribution >= 4 is 17.5 Å². The number of methoxy groups -OCH3 is 1. The van der Waals surface area contributed by atoms with Crippen molar-refractivity contribution in [2.75, 3.05) is 7.11 Å². The zero-order chi connectivity index (χ0) is 18.4. The number of ketones is 1. The summed E-state index contributed by atoms with van der Waals surface area (Å²) in [4.78, 5) is 22.4. The number of benzene rings is 2. The Morgan fingerprint density at radius 3 is 2.28 bits per heavy atom. The Morgan fingerprint density at radius 2 is 1.76 bits per heavy atom. The van der Waals surface area contributed by atoms with Gasteiger partial charge in [-0.3, -0.25) is 14.9 Å². The van der Waals surface area contributed by atoms with Gasteiger partial charge in [-0.05, 0) is 41.5 Å². The Bertz CT molecular complexity index is 765. The Kier molecular flexibility index (Phi) is 6.03. The molecule has 1 N–H and O–H groups in total. The van der Waals surface area contributed by atoms with Crippen LogP contribution in [0.4, 0.5) is 5.69 Å². The average molecular weight is 341 g/mol. The van der Waals surface area contributed by atoms with Gasteiger partial charge < -0.3 is 9.84 Å². The van der Waals surface area contributed by atoms with Crippen molar-refractivity contribution in [3.63, 3.8) is 0 Å². The summed E-state index contributed by atoms with van der Waals surface area (Å²) in [5.41, 5.74) is 1.24. The Balaban J connectivity index is 2.04. The molecule has 0 bridgehead atoms.